The number of halogens is 2. The molecule has 0 bridgehead atoms. The molecule has 1 N–H and O–H groups in total. The van der Waals surface area contributed by atoms with Gasteiger partial charge in [0.2, 0.25) is 10.0 Å². The van der Waals surface area contributed by atoms with Crippen molar-refractivity contribution in [3.63, 3.8) is 0 Å². The summed E-state index contributed by atoms with van der Waals surface area (Å²) in [5.74, 6) is -0.295. The van der Waals surface area contributed by atoms with E-state index in [9.17, 15) is 17.6 Å². The van der Waals surface area contributed by atoms with E-state index >= 15 is 0 Å². The van der Waals surface area contributed by atoms with E-state index in [-0.39, 0.29) is 36.2 Å². The summed E-state index contributed by atoms with van der Waals surface area (Å²) in [4.78, 5) is 12.6. The van der Waals surface area contributed by atoms with E-state index in [0.717, 1.165) is 0 Å². The molecule has 0 saturated carbocycles. The van der Waals surface area contributed by atoms with Crippen molar-refractivity contribution in [2.45, 2.75) is 18.0 Å². The lowest BCUT2D eigenvalue weighted by atomic mass is 10.1. The Kier molecular flexibility index (Phi) is 6.45. The molecule has 0 atom stereocenters. The Morgan fingerprint density at radius 1 is 1.09 bits per heavy atom. The predicted octanol–water partition coefficient (Wildman–Crippen LogP) is 3.99. The van der Waals surface area contributed by atoms with Gasteiger partial charge in [0.15, 0.2) is 0 Å². The molecule has 3 aromatic carbocycles. The highest BCUT2D eigenvalue weighted by Gasteiger charge is 2.29. The standard InChI is InChI=1S/C23H20ClFN2O4S/c24-19-6-2-4-8-22(19)32(29,30)27-11-12-31-21-10-9-16(13-18(21)15-27)23(28)26-14-17-5-1-3-7-20(17)25/h1-10,13H,11-12,14-15H2,(H,26,28). The molecule has 9 heteroatoms. The Balaban J connectivity index is 1.55. The predicted molar refractivity (Wildman–Crippen MR) is 119 cm³/mol. The van der Waals surface area contributed by atoms with Crippen LogP contribution in [0.2, 0.25) is 5.02 Å². The van der Waals surface area contributed by atoms with Crippen LogP contribution >= 0.6 is 11.6 Å². The maximum Gasteiger partial charge on any atom is 0.251 e. The fourth-order valence-electron chi connectivity index (χ4n) is 3.43. The van der Waals surface area contributed by atoms with Crippen molar-refractivity contribution >= 4 is 27.5 Å². The number of amides is 1. The monoisotopic (exact) mass is 474 g/mol. The van der Waals surface area contributed by atoms with E-state index in [1.807, 2.05) is 0 Å². The van der Waals surface area contributed by atoms with Crippen LogP contribution in [0, 0.1) is 5.82 Å². The highest BCUT2D eigenvalue weighted by Crippen LogP contribution is 2.30. The van der Waals surface area contributed by atoms with Crippen molar-refractivity contribution in [3.05, 3.63) is 94.3 Å². The molecule has 1 amide bonds. The minimum atomic E-state index is -3.86. The number of sulfonamides is 1. The van der Waals surface area contributed by atoms with Crippen molar-refractivity contribution in [3.8, 4) is 5.75 Å². The fourth-order valence-corrected chi connectivity index (χ4v) is 5.32. The number of carbonyl (C=O) groups is 1. The molecule has 0 saturated heterocycles. The average molecular weight is 475 g/mol. The molecule has 4 rings (SSSR count). The third-order valence-electron chi connectivity index (χ3n) is 5.12. The Bertz CT molecular complexity index is 1270. The highest BCUT2D eigenvalue weighted by atomic mass is 35.5. The molecule has 166 valence electrons. The number of hydrogen-bond acceptors (Lipinski definition) is 4. The molecule has 6 nitrogen and oxygen atoms in total. The van der Waals surface area contributed by atoms with Crippen LogP contribution in [0.5, 0.6) is 5.75 Å². The summed E-state index contributed by atoms with van der Waals surface area (Å²) in [6.07, 6.45) is 0. The summed E-state index contributed by atoms with van der Waals surface area (Å²) in [5, 5.41) is 2.82. The number of nitrogens with zero attached hydrogens (tertiary/aromatic N) is 1. The minimum absolute atomic E-state index is 0.0175. The van der Waals surface area contributed by atoms with Gasteiger partial charge in [-0.25, -0.2) is 12.8 Å². The van der Waals surface area contributed by atoms with Crippen LogP contribution in [0.25, 0.3) is 0 Å². The molecule has 0 aromatic heterocycles. The van der Waals surface area contributed by atoms with Crippen LogP contribution in [-0.2, 0) is 23.1 Å². The van der Waals surface area contributed by atoms with Crippen molar-refractivity contribution in [2.24, 2.45) is 0 Å². The van der Waals surface area contributed by atoms with E-state index in [4.69, 9.17) is 16.3 Å². The largest absolute Gasteiger partial charge is 0.492 e. The van der Waals surface area contributed by atoms with Gasteiger partial charge < -0.3 is 10.1 Å². The molecule has 32 heavy (non-hydrogen) atoms. The van der Waals surface area contributed by atoms with Crippen LogP contribution in [-0.4, -0.2) is 31.8 Å². The minimum Gasteiger partial charge on any atom is -0.492 e. The van der Waals surface area contributed by atoms with Gasteiger partial charge in [-0.1, -0.05) is 41.9 Å². The summed E-state index contributed by atoms with van der Waals surface area (Å²) in [6.45, 7) is 0.357. The number of fused-ring (bicyclic) bond motifs is 1. The zero-order valence-corrected chi connectivity index (χ0v) is 18.5. The Labute approximate surface area is 190 Å². The maximum atomic E-state index is 13.8. The summed E-state index contributed by atoms with van der Waals surface area (Å²) < 4.78 is 47.1. The number of ether oxygens (including phenoxy) is 1. The van der Waals surface area contributed by atoms with E-state index in [0.29, 0.717) is 22.4 Å². The molecule has 0 fully saturated rings. The van der Waals surface area contributed by atoms with Gasteiger partial charge in [0.1, 0.15) is 23.1 Å². The van der Waals surface area contributed by atoms with Crippen LogP contribution in [0.15, 0.2) is 71.6 Å². The molecule has 1 heterocycles. The molecule has 1 aliphatic rings. The third kappa shape index (κ3) is 4.62. The van der Waals surface area contributed by atoms with Crippen molar-refractivity contribution < 1.29 is 22.3 Å². The van der Waals surface area contributed by atoms with Gasteiger partial charge >= 0.3 is 0 Å². The fraction of sp³-hybridized carbons (Fsp3) is 0.174. The zero-order chi connectivity index (χ0) is 22.7. The van der Waals surface area contributed by atoms with E-state index in [1.54, 1.807) is 48.5 Å². The van der Waals surface area contributed by atoms with E-state index in [2.05, 4.69) is 5.32 Å². The smallest absolute Gasteiger partial charge is 0.251 e. The van der Waals surface area contributed by atoms with Crippen molar-refractivity contribution in [1.29, 1.82) is 0 Å². The van der Waals surface area contributed by atoms with Gasteiger partial charge in [-0.2, -0.15) is 4.31 Å². The Morgan fingerprint density at radius 2 is 1.84 bits per heavy atom. The summed E-state index contributed by atoms with van der Waals surface area (Å²) in [5.41, 5.74) is 1.24. The van der Waals surface area contributed by atoms with Crippen LogP contribution in [0.3, 0.4) is 0 Å². The summed E-state index contributed by atoms with van der Waals surface area (Å²) >= 11 is 6.12. The molecule has 0 radical (unpaired) electrons. The summed E-state index contributed by atoms with van der Waals surface area (Å²) in [6, 6.07) is 17.3. The van der Waals surface area contributed by atoms with E-state index in [1.165, 1.54) is 22.5 Å². The lowest BCUT2D eigenvalue weighted by Gasteiger charge is -2.20. The van der Waals surface area contributed by atoms with Crippen LogP contribution in [0.1, 0.15) is 21.5 Å². The van der Waals surface area contributed by atoms with Gasteiger partial charge in [-0.05, 0) is 36.4 Å². The number of carbonyl (C=O) groups excluding carboxylic acids is 1. The third-order valence-corrected chi connectivity index (χ3v) is 7.46. The first-order valence-corrected chi connectivity index (χ1v) is 11.7. The molecule has 3 aromatic rings. The normalized spacial score (nSPS) is 14.2. The first kappa shape index (κ1) is 22.3. The maximum absolute atomic E-state index is 13.8. The summed E-state index contributed by atoms with van der Waals surface area (Å²) in [7, 11) is -3.86. The molecule has 0 aliphatic carbocycles. The number of benzene rings is 3. The van der Waals surface area contributed by atoms with Crippen molar-refractivity contribution in [1.82, 2.24) is 9.62 Å². The van der Waals surface area contributed by atoms with Gasteiger partial charge in [-0.3, -0.25) is 4.79 Å². The first-order chi connectivity index (χ1) is 15.4. The molecule has 0 unspecified atom stereocenters. The van der Waals surface area contributed by atoms with Crippen molar-refractivity contribution in [2.75, 3.05) is 13.2 Å². The number of rotatable bonds is 5. The SMILES string of the molecule is O=C(NCc1ccccc1F)c1ccc2c(c1)CN(S(=O)(=O)c1ccccc1Cl)CCO2. The van der Waals surface area contributed by atoms with E-state index < -0.39 is 21.7 Å². The van der Waals surface area contributed by atoms with Gasteiger partial charge in [0.25, 0.3) is 5.91 Å². The number of hydrogen-bond donors (Lipinski definition) is 1. The van der Waals surface area contributed by atoms with Crippen LogP contribution in [0.4, 0.5) is 4.39 Å². The topological polar surface area (TPSA) is 75.7 Å². The quantitative estimate of drug-likeness (QED) is 0.606. The number of nitrogens with one attached hydrogen (secondary N) is 1. The second kappa shape index (κ2) is 9.28. The first-order valence-electron chi connectivity index (χ1n) is 9.88. The lowest BCUT2D eigenvalue weighted by molar-refractivity contribution is 0.0950. The second-order valence-electron chi connectivity index (χ2n) is 7.21. The molecular formula is C23H20ClFN2O4S. The van der Waals surface area contributed by atoms with Crippen LogP contribution < -0.4 is 10.1 Å². The van der Waals surface area contributed by atoms with Gasteiger partial charge in [0.05, 0.1) is 5.02 Å². The zero-order valence-electron chi connectivity index (χ0n) is 16.9. The Hall–Kier alpha value is -2.94. The molecular weight excluding hydrogens is 455 g/mol. The lowest BCUT2D eigenvalue weighted by Crippen LogP contribution is -2.32. The molecule has 1 aliphatic heterocycles. The Morgan fingerprint density at radius 3 is 2.62 bits per heavy atom. The second-order valence-corrected chi connectivity index (χ2v) is 9.53. The highest BCUT2D eigenvalue weighted by molar-refractivity contribution is 7.89. The van der Waals surface area contributed by atoms with Gasteiger partial charge in [-0.15, -0.1) is 0 Å². The molecule has 0 spiro atoms. The average Bonchev–Trinajstić information content (AvgIpc) is 3.01. The van der Waals surface area contributed by atoms with Gasteiger partial charge in [0, 0.05) is 36.3 Å².